The number of anilines is 1. The van der Waals surface area contributed by atoms with E-state index in [-0.39, 0.29) is 18.0 Å². The first-order valence-electron chi connectivity index (χ1n) is 8.14. The quantitative estimate of drug-likeness (QED) is 0.783. The topological polar surface area (TPSA) is 85.8 Å². The smallest absolute Gasteiger partial charge is 0.322 e. The van der Waals surface area contributed by atoms with E-state index in [9.17, 15) is 4.79 Å². The van der Waals surface area contributed by atoms with Gasteiger partial charge in [-0.15, -0.1) is 5.10 Å². The Hall–Kier alpha value is -2.96. The molecule has 0 aliphatic carbocycles. The summed E-state index contributed by atoms with van der Waals surface area (Å²) in [6.07, 6.45) is 0. The van der Waals surface area contributed by atoms with Crippen LogP contribution < -0.4 is 5.32 Å². The van der Waals surface area contributed by atoms with Gasteiger partial charge in [0, 0.05) is 11.6 Å². The zero-order chi connectivity index (χ0) is 18.1. The van der Waals surface area contributed by atoms with E-state index in [0.717, 1.165) is 22.4 Å². The molecule has 7 heteroatoms. The lowest BCUT2D eigenvalue weighted by molar-refractivity contribution is 0.101. The van der Waals surface area contributed by atoms with Gasteiger partial charge in [-0.2, -0.15) is 5.10 Å². The molecule has 3 aromatic rings. The number of nitrogens with zero attached hydrogens (tertiary/aromatic N) is 4. The van der Waals surface area contributed by atoms with Crippen molar-refractivity contribution in [1.82, 2.24) is 20.0 Å². The van der Waals surface area contributed by atoms with Gasteiger partial charge in [-0.25, -0.2) is 0 Å². The molecule has 25 heavy (non-hydrogen) atoms. The normalized spacial score (nSPS) is 11.1. The van der Waals surface area contributed by atoms with Gasteiger partial charge < -0.3 is 4.42 Å². The number of carbonyl (C=O) groups excluding carboxylic acids is 1. The molecule has 1 N–H and O–H groups in total. The minimum atomic E-state index is -0.329. The molecule has 7 nitrogen and oxygen atoms in total. The molecular formula is C18H21N5O2. The Bertz CT molecular complexity index is 923. The highest BCUT2D eigenvalue weighted by molar-refractivity contribution is 6.02. The van der Waals surface area contributed by atoms with Gasteiger partial charge in [0.05, 0.1) is 5.69 Å². The van der Waals surface area contributed by atoms with E-state index in [1.165, 1.54) is 0 Å². The van der Waals surface area contributed by atoms with Gasteiger partial charge in [0.25, 0.3) is 5.91 Å². The van der Waals surface area contributed by atoms with Crippen LogP contribution in [0.2, 0.25) is 0 Å². The number of nitrogens with one attached hydrogen (secondary N) is 1. The summed E-state index contributed by atoms with van der Waals surface area (Å²) >= 11 is 0. The average molecular weight is 339 g/mol. The van der Waals surface area contributed by atoms with E-state index in [1.807, 2.05) is 52.8 Å². The summed E-state index contributed by atoms with van der Waals surface area (Å²) in [4.78, 5) is 12.5. The molecule has 0 aliphatic rings. The summed E-state index contributed by atoms with van der Waals surface area (Å²) in [5.74, 6) is 0.0477. The molecule has 0 aliphatic heterocycles. The Balaban J connectivity index is 1.83. The summed E-state index contributed by atoms with van der Waals surface area (Å²) in [5.41, 5.74) is 4.28. The predicted molar refractivity (Wildman–Crippen MR) is 94.5 cm³/mol. The molecule has 0 atom stereocenters. The van der Waals surface area contributed by atoms with Crippen molar-refractivity contribution in [2.75, 3.05) is 5.32 Å². The molecule has 3 rings (SSSR count). The van der Waals surface area contributed by atoms with Gasteiger partial charge in [-0.1, -0.05) is 22.8 Å². The number of hydrogen-bond acceptors (Lipinski definition) is 5. The maximum absolute atomic E-state index is 12.5. The first-order valence-corrected chi connectivity index (χ1v) is 8.14. The number of benzene rings is 1. The number of carbonyl (C=O) groups is 1. The Kier molecular flexibility index (Phi) is 4.39. The van der Waals surface area contributed by atoms with Crippen molar-refractivity contribution in [3.63, 3.8) is 0 Å². The molecule has 2 aromatic heterocycles. The van der Waals surface area contributed by atoms with E-state index in [1.54, 1.807) is 10.7 Å². The standard InChI is InChI=1S/C18H21N5O2/c1-10(2)23-15(9-13(5)22-23)16(24)19-18-21-20-17(25-18)14-7-6-11(3)8-12(14)4/h6-10H,1-5H3,(H,19,21,24). The van der Waals surface area contributed by atoms with Crippen molar-refractivity contribution in [2.24, 2.45) is 0 Å². The van der Waals surface area contributed by atoms with Crippen LogP contribution >= 0.6 is 0 Å². The average Bonchev–Trinajstić information content (AvgIpc) is 3.14. The van der Waals surface area contributed by atoms with E-state index in [2.05, 4.69) is 20.6 Å². The SMILES string of the molecule is Cc1ccc(-c2nnc(NC(=O)c3cc(C)nn3C(C)C)o2)c(C)c1. The molecule has 0 saturated heterocycles. The summed E-state index contributed by atoms with van der Waals surface area (Å²) in [6.45, 7) is 9.79. The van der Waals surface area contributed by atoms with Crippen LogP contribution in [0.4, 0.5) is 6.01 Å². The van der Waals surface area contributed by atoms with E-state index >= 15 is 0 Å². The van der Waals surface area contributed by atoms with Crippen molar-refractivity contribution in [3.8, 4) is 11.5 Å². The summed E-state index contributed by atoms with van der Waals surface area (Å²) in [5, 5.41) is 14.9. The second-order valence-electron chi connectivity index (χ2n) is 6.39. The second-order valence-corrected chi connectivity index (χ2v) is 6.39. The van der Waals surface area contributed by atoms with Crippen LogP contribution in [0.15, 0.2) is 28.7 Å². The fourth-order valence-corrected chi connectivity index (χ4v) is 2.68. The lowest BCUT2D eigenvalue weighted by Gasteiger charge is -2.09. The molecule has 0 fully saturated rings. The highest BCUT2D eigenvalue weighted by Gasteiger charge is 2.19. The number of aryl methyl sites for hydroxylation is 3. The molecule has 1 aromatic carbocycles. The number of amides is 1. The van der Waals surface area contributed by atoms with Crippen LogP contribution in [-0.2, 0) is 0 Å². The van der Waals surface area contributed by atoms with Gasteiger partial charge in [-0.3, -0.25) is 14.8 Å². The van der Waals surface area contributed by atoms with Crippen molar-refractivity contribution in [1.29, 1.82) is 0 Å². The minimum absolute atomic E-state index is 0.0640. The molecule has 0 radical (unpaired) electrons. The fraction of sp³-hybridized carbons (Fsp3) is 0.333. The van der Waals surface area contributed by atoms with Gasteiger partial charge in [0.15, 0.2) is 0 Å². The Labute approximate surface area is 146 Å². The largest absolute Gasteiger partial charge is 0.403 e. The van der Waals surface area contributed by atoms with Gasteiger partial charge in [0.2, 0.25) is 5.89 Å². The third-order valence-corrected chi connectivity index (χ3v) is 3.84. The monoisotopic (exact) mass is 339 g/mol. The first kappa shape index (κ1) is 16.9. The molecule has 0 saturated carbocycles. The molecule has 0 unspecified atom stereocenters. The number of rotatable bonds is 4. The minimum Gasteiger partial charge on any atom is -0.403 e. The molecule has 2 heterocycles. The zero-order valence-corrected chi connectivity index (χ0v) is 15.0. The second kappa shape index (κ2) is 6.51. The Morgan fingerprint density at radius 3 is 2.60 bits per heavy atom. The summed E-state index contributed by atoms with van der Waals surface area (Å²) < 4.78 is 7.28. The third kappa shape index (κ3) is 3.45. The van der Waals surface area contributed by atoms with Crippen molar-refractivity contribution in [2.45, 2.75) is 40.7 Å². The highest BCUT2D eigenvalue weighted by Crippen LogP contribution is 2.24. The van der Waals surface area contributed by atoms with Crippen molar-refractivity contribution in [3.05, 3.63) is 46.8 Å². The van der Waals surface area contributed by atoms with E-state index in [0.29, 0.717) is 11.6 Å². The van der Waals surface area contributed by atoms with Crippen LogP contribution in [0, 0.1) is 20.8 Å². The lowest BCUT2D eigenvalue weighted by Crippen LogP contribution is -2.19. The van der Waals surface area contributed by atoms with Crippen LogP contribution in [0.5, 0.6) is 0 Å². The molecule has 1 amide bonds. The van der Waals surface area contributed by atoms with Gasteiger partial charge >= 0.3 is 6.01 Å². The molecule has 0 bridgehead atoms. The molecule has 0 spiro atoms. The highest BCUT2D eigenvalue weighted by atomic mass is 16.4. The Morgan fingerprint density at radius 2 is 1.92 bits per heavy atom. The Morgan fingerprint density at radius 1 is 1.16 bits per heavy atom. The van der Waals surface area contributed by atoms with Crippen LogP contribution in [-0.4, -0.2) is 25.9 Å². The third-order valence-electron chi connectivity index (χ3n) is 3.84. The van der Waals surface area contributed by atoms with E-state index in [4.69, 9.17) is 4.42 Å². The molecule has 130 valence electrons. The zero-order valence-electron chi connectivity index (χ0n) is 15.0. The molecular weight excluding hydrogens is 318 g/mol. The predicted octanol–water partition coefficient (Wildman–Crippen LogP) is 3.69. The maximum Gasteiger partial charge on any atom is 0.322 e. The lowest BCUT2D eigenvalue weighted by atomic mass is 10.1. The first-order chi connectivity index (χ1) is 11.8. The number of aromatic nitrogens is 4. The number of hydrogen-bond donors (Lipinski definition) is 1. The van der Waals surface area contributed by atoms with Gasteiger partial charge in [-0.05, 0) is 52.3 Å². The van der Waals surface area contributed by atoms with Gasteiger partial charge in [0.1, 0.15) is 5.69 Å². The summed E-state index contributed by atoms with van der Waals surface area (Å²) in [7, 11) is 0. The summed E-state index contributed by atoms with van der Waals surface area (Å²) in [6, 6.07) is 7.82. The van der Waals surface area contributed by atoms with Crippen molar-refractivity contribution < 1.29 is 9.21 Å². The van der Waals surface area contributed by atoms with E-state index < -0.39 is 0 Å². The maximum atomic E-state index is 12.5. The van der Waals surface area contributed by atoms with Crippen molar-refractivity contribution >= 4 is 11.9 Å². The van der Waals surface area contributed by atoms with Crippen LogP contribution in [0.25, 0.3) is 11.5 Å². The van der Waals surface area contributed by atoms with Crippen LogP contribution in [0.3, 0.4) is 0 Å². The van der Waals surface area contributed by atoms with Crippen LogP contribution in [0.1, 0.15) is 47.2 Å². The fourth-order valence-electron chi connectivity index (χ4n) is 2.68.